The topological polar surface area (TPSA) is 88.2 Å². The Labute approximate surface area is 100 Å². The summed E-state index contributed by atoms with van der Waals surface area (Å²) in [5.41, 5.74) is 0.398. The lowest BCUT2D eigenvalue weighted by molar-refractivity contribution is 0.0842. The molecule has 1 amide bonds. The highest BCUT2D eigenvalue weighted by atomic mass is 16.6. The van der Waals surface area contributed by atoms with Crippen molar-refractivity contribution < 1.29 is 14.5 Å². The summed E-state index contributed by atoms with van der Waals surface area (Å²) in [4.78, 5) is 11.8. The number of rotatable bonds is 6. The molecule has 0 aliphatic carbocycles. The highest BCUT2D eigenvalue weighted by Gasteiger charge is 2.27. The molecule has 0 spiro atoms. The summed E-state index contributed by atoms with van der Waals surface area (Å²) in [6.07, 6.45) is 1.60. The summed E-state index contributed by atoms with van der Waals surface area (Å²) in [7, 11) is 0. The molecule has 1 rings (SSSR count). The van der Waals surface area contributed by atoms with Crippen LogP contribution in [0.4, 0.5) is 0 Å². The number of aryl methyl sites for hydroxylation is 1. The lowest BCUT2D eigenvalue weighted by atomic mass is 9.83. The van der Waals surface area contributed by atoms with Gasteiger partial charge in [-0.15, -0.1) is 0 Å². The second-order valence-corrected chi connectivity index (χ2v) is 4.25. The van der Waals surface area contributed by atoms with Crippen molar-refractivity contribution in [2.75, 3.05) is 13.2 Å². The van der Waals surface area contributed by atoms with Crippen molar-refractivity contribution in [1.82, 2.24) is 15.6 Å². The van der Waals surface area contributed by atoms with E-state index in [1.165, 1.54) is 0 Å². The van der Waals surface area contributed by atoms with E-state index in [2.05, 4.69) is 20.3 Å². The van der Waals surface area contributed by atoms with Crippen LogP contribution in [0.2, 0.25) is 0 Å². The predicted molar refractivity (Wildman–Crippen MR) is 61.5 cm³/mol. The summed E-state index contributed by atoms with van der Waals surface area (Å²) < 4.78 is 4.47. The standard InChI is InChI=1S/C11H19N3O3/c1-4-11(5-2,7-15)6-12-10(16)9-8(3)13-17-14-9/h15H,4-7H2,1-3H3,(H,12,16). The molecule has 96 valence electrons. The molecule has 0 saturated carbocycles. The second-order valence-electron chi connectivity index (χ2n) is 4.25. The molecule has 0 aliphatic heterocycles. The number of aliphatic hydroxyl groups is 1. The SMILES string of the molecule is CCC(CC)(CO)CNC(=O)c1nonc1C. The number of nitrogens with zero attached hydrogens (tertiary/aromatic N) is 2. The van der Waals surface area contributed by atoms with Gasteiger partial charge in [-0.25, -0.2) is 4.63 Å². The summed E-state index contributed by atoms with van der Waals surface area (Å²) >= 11 is 0. The quantitative estimate of drug-likeness (QED) is 0.772. The van der Waals surface area contributed by atoms with E-state index in [0.29, 0.717) is 12.2 Å². The molecule has 1 aromatic rings. The van der Waals surface area contributed by atoms with Crippen LogP contribution in [-0.2, 0) is 0 Å². The van der Waals surface area contributed by atoms with Crippen LogP contribution in [-0.4, -0.2) is 34.5 Å². The minimum Gasteiger partial charge on any atom is -0.396 e. The molecular weight excluding hydrogens is 222 g/mol. The molecule has 0 aliphatic rings. The van der Waals surface area contributed by atoms with Gasteiger partial charge in [0.2, 0.25) is 0 Å². The number of carbonyl (C=O) groups is 1. The van der Waals surface area contributed by atoms with Crippen LogP contribution < -0.4 is 5.32 Å². The molecule has 0 aromatic carbocycles. The van der Waals surface area contributed by atoms with Gasteiger partial charge in [0.1, 0.15) is 5.69 Å². The first-order valence-electron chi connectivity index (χ1n) is 5.76. The van der Waals surface area contributed by atoms with Crippen molar-refractivity contribution >= 4 is 5.91 Å². The Bertz CT molecular complexity index is 364. The van der Waals surface area contributed by atoms with Gasteiger partial charge in [-0.3, -0.25) is 4.79 Å². The van der Waals surface area contributed by atoms with Crippen LogP contribution in [0.15, 0.2) is 4.63 Å². The van der Waals surface area contributed by atoms with Crippen LogP contribution in [0.1, 0.15) is 42.9 Å². The van der Waals surface area contributed by atoms with Crippen molar-refractivity contribution in [2.24, 2.45) is 5.41 Å². The molecular formula is C11H19N3O3. The Kier molecular flexibility index (Phi) is 4.62. The number of amides is 1. The minimum atomic E-state index is -0.316. The van der Waals surface area contributed by atoms with Gasteiger partial charge in [0.15, 0.2) is 5.69 Å². The van der Waals surface area contributed by atoms with E-state index in [1.54, 1.807) is 6.92 Å². The third-order valence-electron chi connectivity index (χ3n) is 3.33. The molecule has 0 bridgehead atoms. The molecule has 0 radical (unpaired) electrons. The Morgan fingerprint density at radius 1 is 1.41 bits per heavy atom. The van der Waals surface area contributed by atoms with Crippen LogP contribution in [0, 0.1) is 12.3 Å². The van der Waals surface area contributed by atoms with E-state index in [0.717, 1.165) is 12.8 Å². The molecule has 0 fully saturated rings. The van der Waals surface area contributed by atoms with Gasteiger partial charge < -0.3 is 10.4 Å². The highest BCUT2D eigenvalue weighted by Crippen LogP contribution is 2.24. The molecule has 0 atom stereocenters. The molecule has 0 unspecified atom stereocenters. The van der Waals surface area contributed by atoms with Crippen molar-refractivity contribution in [1.29, 1.82) is 0 Å². The van der Waals surface area contributed by atoms with Crippen molar-refractivity contribution in [2.45, 2.75) is 33.6 Å². The first-order valence-corrected chi connectivity index (χ1v) is 5.76. The van der Waals surface area contributed by atoms with E-state index in [-0.39, 0.29) is 23.6 Å². The molecule has 0 saturated heterocycles. The largest absolute Gasteiger partial charge is 0.396 e. The van der Waals surface area contributed by atoms with Crippen LogP contribution in [0.25, 0.3) is 0 Å². The lowest BCUT2D eigenvalue weighted by Crippen LogP contribution is -2.39. The lowest BCUT2D eigenvalue weighted by Gasteiger charge is -2.29. The van der Waals surface area contributed by atoms with Gasteiger partial charge in [-0.1, -0.05) is 19.0 Å². The molecule has 17 heavy (non-hydrogen) atoms. The first kappa shape index (κ1) is 13.6. The van der Waals surface area contributed by atoms with Gasteiger partial charge in [0.25, 0.3) is 5.91 Å². The molecule has 6 heteroatoms. The molecule has 1 aromatic heterocycles. The van der Waals surface area contributed by atoms with Gasteiger partial charge in [0, 0.05) is 12.0 Å². The zero-order valence-corrected chi connectivity index (χ0v) is 10.5. The number of carbonyl (C=O) groups excluding carboxylic acids is 1. The third-order valence-corrected chi connectivity index (χ3v) is 3.33. The maximum atomic E-state index is 11.8. The van der Waals surface area contributed by atoms with E-state index in [1.807, 2.05) is 13.8 Å². The van der Waals surface area contributed by atoms with E-state index in [4.69, 9.17) is 0 Å². The highest BCUT2D eigenvalue weighted by molar-refractivity contribution is 5.92. The zero-order chi connectivity index (χ0) is 12.9. The number of hydrogen-bond donors (Lipinski definition) is 2. The fourth-order valence-corrected chi connectivity index (χ4v) is 1.57. The smallest absolute Gasteiger partial charge is 0.275 e. The monoisotopic (exact) mass is 241 g/mol. The van der Waals surface area contributed by atoms with Crippen molar-refractivity contribution in [3.63, 3.8) is 0 Å². The van der Waals surface area contributed by atoms with Gasteiger partial charge >= 0.3 is 0 Å². The third kappa shape index (κ3) is 3.03. The number of aliphatic hydroxyl groups excluding tert-OH is 1. The van der Waals surface area contributed by atoms with Crippen LogP contribution in [0.5, 0.6) is 0 Å². The van der Waals surface area contributed by atoms with Gasteiger partial charge in [-0.05, 0) is 24.9 Å². The Hall–Kier alpha value is -1.43. The zero-order valence-electron chi connectivity index (χ0n) is 10.5. The average Bonchev–Trinajstić information content (AvgIpc) is 2.78. The Morgan fingerprint density at radius 2 is 2.06 bits per heavy atom. The van der Waals surface area contributed by atoms with E-state index >= 15 is 0 Å². The molecule has 1 heterocycles. The normalized spacial score (nSPS) is 11.5. The molecule has 2 N–H and O–H groups in total. The summed E-state index contributed by atoms with van der Waals surface area (Å²) in [5.74, 6) is -0.316. The molecule has 6 nitrogen and oxygen atoms in total. The summed E-state index contributed by atoms with van der Waals surface area (Å²) in [6, 6.07) is 0. The first-order chi connectivity index (χ1) is 8.08. The fourth-order valence-electron chi connectivity index (χ4n) is 1.57. The van der Waals surface area contributed by atoms with E-state index in [9.17, 15) is 9.90 Å². The van der Waals surface area contributed by atoms with Crippen LogP contribution >= 0.6 is 0 Å². The minimum absolute atomic E-state index is 0.0519. The van der Waals surface area contributed by atoms with Crippen molar-refractivity contribution in [3.8, 4) is 0 Å². The Morgan fingerprint density at radius 3 is 2.47 bits per heavy atom. The fraction of sp³-hybridized carbons (Fsp3) is 0.727. The maximum absolute atomic E-state index is 11.8. The average molecular weight is 241 g/mol. The number of aromatic nitrogens is 2. The van der Waals surface area contributed by atoms with Crippen molar-refractivity contribution in [3.05, 3.63) is 11.4 Å². The van der Waals surface area contributed by atoms with E-state index < -0.39 is 0 Å². The maximum Gasteiger partial charge on any atom is 0.275 e. The Balaban J connectivity index is 2.62. The summed E-state index contributed by atoms with van der Waals surface area (Å²) in [5, 5.41) is 19.2. The summed E-state index contributed by atoms with van der Waals surface area (Å²) in [6.45, 7) is 6.12. The van der Waals surface area contributed by atoms with Gasteiger partial charge in [0.05, 0.1) is 6.61 Å². The number of nitrogens with one attached hydrogen (secondary N) is 1. The van der Waals surface area contributed by atoms with Gasteiger partial charge in [-0.2, -0.15) is 0 Å². The van der Waals surface area contributed by atoms with Crippen LogP contribution in [0.3, 0.4) is 0 Å². The second kappa shape index (κ2) is 5.77. The predicted octanol–water partition coefficient (Wildman–Crippen LogP) is 0.907. The number of hydrogen-bond acceptors (Lipinski definition) is 5.